The van der Waals surface area contributed by atoms with E-state index >= 15 is 0 Å². The minimum absolute atomic E-state index is 0.0415. The number of nitrogens with zero attached hydrogens (tertiary/aromatic N) is 3. The van der Waals surface area contributed by atoms with Crippen molar-refractivity contribution >= 4 is 60.6 Å². The number of hydrogen-bond donors (Lipinski definition) is 0. The molecule has 2 aromatic carbocycles. The molecule has 0 bridgehead atoms. The van der Waals surface area contributed by atoms with Gasteiger partial charge in [-0.05, 0) is 53.5 Å². The fourth-order valence-electron chi connectivity index (χ4n) is 3.03. The van der Waals surface area contributed by atoms with Gasteiger partial charge in [0.05, 0.1) is 30.8 Å². The summed E-state index contributed by atoms with van der Waals surface area (Å²) in [6, 6.07) is 7.20. The van der Waals surface area contributed by atoms with Gasteiger partial charge in [-0.2, -0.15) is 9.78 Å². The van der Waals surface area contributed by atoms with Crippen molar-refractivity contribution in [2.45, 2.75) is 33.1 Å². The van der Waals surface area contributed by atoms with Crippen molar-refractivity contribution in [3.8, 4) is 11.5 Å². The Kier molecular flexibility index (Phi) is 7.78. The minimum Gasteiger partial charge on any atom is -0.493 e. The lowest BCUT2D eigenvalue weighted by Gasteiger charge is -2.15. The third-order valence-corrected chi connectivity index (χ3v) is 6.80. The summed E-state index contributed by atoms with van der Waals surface area (Å²) in [5.41, 5.74) is 1.04. The van der Waals surface area contributed by atoms with E-state index in [9.17, 15) is 4.79 Å². The van der Waals surface area contributed by atoms with Crippen LogP contribution in [0.25, 0.3) is 10.9 Å². The van der Waals surface area contributed by atoms with Crippen LogP contribution in [0.5, 0.6) is 11.5 Å². The van der Waals surface area contributed by atoms with Gasteiger partial charge in [-0.1, -0.05) is 41.4 Å². The molecule has 0 unspecified atom stereocenters. The van der Waals surface area contributed by atoms with Gasteiger partial charge in [0.25, 0.3) is 5.56 Å². The summed E-state index contributed by atoms with van der Waals surface area (Å²) < 4.78 is 13.8. The Morgan fingerprint density at radius 3 is 2.68 bits per heavy atom. The lowest BCUT2D eigenvalue weighted by molar-refractivity contribution is 0.311. The number of rotatable bonds is 7. The number of ether oxygens (including phenoxy) is 2. The Labute approximate surface area is 202 Å². The molecule has 0 fully saturated rings. The van der Waals surface area contributed by atoms with E-state index < -0.39 is 0 Å². The Hall–Kier alpha value is -1.90. The van der Waals surface area contributed by atoms with Crippen molar-refractivity contribution in [2.75, 3.05) is 13.7 Å². The SMILES string of the molecule is CCOc1c(OC)cc(C=Nn2c([C@@H](C)CC)nc3ccc(Br)cc3c2=O)c(Br)c1Cl. The van der Waals surface area contributed by atoms with Crippen LogP contribution in [0.2, 0.25) is 5.02 Å². The standard InChI is InChI=1S/C22H22Br2ClN3O3/c1-5-12(3)21-27-16-8-7-14(23)10-15(16)22(29)28(21)26-11-13-9-17(30-4)20(31-6-2)19(25)18(13)24/h7-12H,5-6H2,1-4H3/t12-/m0/s1. The number of aromatic nitrogens is 2. The van der Waals surface area contributed by atoms with Crippen LogP contribution in [0.4, 0.5) is 0 Å². The molecule has 0 spiro atoms. The van der Waals surface area contributed by atoms with Crippen LogP contribution in [0.15, 0.2) is 43.1 Å². The molecule has 0 radical (unpaired) electrons. The molecule has 0 aliphatic rings. The van der Waals surface area contributed by atoms with Gasteiger partial charge in [-0.15, -0.1) is 0 Å². The number of hydrogen-bond acceptors (Lipinski definition) is 5. The maximum Gasteiger partial charge on any atom is 0.282 e. The van der Waals surface area contributed by atoms with Gasteiger partial charge < -0.3 is 9.47 Å². The predicted molar refractivity (Wildman–Crippen MR) is 132 cm³/mol. The summed E-state index contributed by atoms with van der Waals surface area (Å²) in [6.45, 7) is 6.38. The van der Waals surface area contributed by atoms with E-state index in [4.69, 9.17) is 26.1 Å². The molecule has 6 nitrogen and oxygen atoms in total. The molecule has 1 aromatic heterocycles. The topological polar surface area (TPSA) is 65.7 Å². The van der Waals surface area contributed by atoms with E-state index in [0.29, 0.717) is 49.9 Å². The summed E-state index contributed by atoms with van der Waals surface area (Å²) >= 11 is 13.4. The summed E-state index contributed by atoms with van der Waals surface area (Å²) in [7, 11) is 1.54. The fraction of sp³-hybridized carbons (Fsp3) is 0.318. The molecule has 31 heavy (non-hydrogen) atoms. The van der Waals surface area contributed by atoms with Gasteiger partial charge in [-0.3, -0.25) is 4.79 Å². The van der Waals surface area contributed by atoms with Gasteiger partial charge in [0.2, 0.25) is 0 Å². The number of methoxy groups -OCH3 is 1. The van der Waals surface area contributed by atoms with Crippen LogP contribution in [-0.4, -0.2) is 29.6 Å². The van der Waals surface area contributed by atoms with Crippen LogP contribution >= 0.6 is 43.5 Å². The maximum atomic E-state index is 13.3. The van der Waals surface area contributed by atoms with E-state index in [1.807, 2.05) is 32.9 Å². The molecule has 0 amide bonds. The van der Waals surface area contributed by atoms with Crippen molar-refractivity contribution in [2.24, 2.45) is 5.10 Å². The zero-order valence-corrected chi connectivity index (χ0v) is 21.5. The molecule has 0 aliphatic carbocycles. The van der Waals surface area contributed by atoms with Crippen LogP contribution in [0, 0.1) is 0 Å². The molecule has 0 aliphatic heterocycles. The second-order valence-corrected chi connectivity index (χ2v) is 8.95. The third kappa shape index (κ3) is 4.81. The number of halogens is 3. The maximum absolute atomic E-state index is 13.3. The molecule has 0 N–H and O–H groups in total. The molecule has 3 aromatic rings. The van der Waals surface area contributed by atoms with E-state index in [0.717, 1.165) is 10.9 Å². The summed E-state index contributed by atoms with van der Waals surface area (Å²) in [5, 5.41) is 5.35. The third-order valence-electron chi connectivity index (χ3n) is 4.86. The first-order valence-corrected chi connectivity index (χ1v) is 11.7. The van der Waals surface area contributed by atoms with Gasteiger partial charge in [-0.25, -0.2) is 4.98 Å². The average molecular weight is 572 g/mol. The second kappa shape index (κ2) is 10.1. The Morgan fingerprint density at radius 2 is 2.03 bits per heavy atom. The molecule has 9 heteroatoms. The van der Waals surface area contributed by atoms with E-state index in [-0.39, 0.29) is 11.5 Å². The van der Waals surface area contributed by atoms with Crippen molar-refractivity contribution in [3.05, 3.63) is 60.0 Å². The lowest BCUT2D eigenvalue weighted by atomic mass is 10.1. The van der Waals surface area contributed by atoms with Crippen molar-refractivity contribution in [1.82, 2.24) is 9.66 Å². The van der Waals surface area contributed by atoms with Gasteiger partial charge in [0.1, 0.15) is 10.8 Å². The second-order valence-electron chi connectivity index (χ2n) is 6.86. The summed E-state index contributed by atoms with van der Waals surface area (Å²) in [6.07, 6.45) is 2.38. The molecule has 1 atom stereocenters. The summed E-state index contributed by atoms with van der Waals surface area (Å²) in [5.74, 6) is 1.57. The first kappa shape index (κ1) is 23.8. The van der Waals surface area contributed by atoms with Crippen molar-refractivity contribution in [3.63, 3.8) is 0 Å². The Balaban J connectivity index is 2.20. The van der Waals surface area contributed by atoms with Crippen LogP contribution in [-0.2, 0) is 0 Å². The largest absolute Gasteiger partial charge is 0.493 e. The van der Waals surface area contributed by atoms with E-state index in [2.05, 4.69) is 37.0 Å². The highest BCUT2D eigenvalue weighted by molar-refractivity contribution is 9.10. The zero-order chi connectivity index (χ0) is 22.7. The van der Waals surface area contributed by atoms with Gasteiger partial charge in [0, 0.05) is 20.4 Å². The molecule has 3 rings (SSSR count). The number of fused-ring (bicyclic) bond motifs is 1. The van der Waals surface area contributed by atoms with Crippen LogP contribution < -0.4 is 15.0 Å². The fourth-order valence-corrected chi connectivity index (χ4v) is 4.04. The zero-order valence-electron chi connectivity index (χ0n) is 17.6. The molecular formula is C22H22Br2ClN3O3. The van der Waals surface area contributed by atoms with Gasteiger partial charge >= 0.3 is 0 Å². The Morgan fingerprint density at radius 1 is 1.29 bits per heavy atom. The summed E-state index contributed by atoms with van der Waals surface area (Å²) in [4.78, 5) is 18.0. The highest BCUT2D eigenvalue weighted by atomic mass is 79.9. The Bertz CT molecular complexity index is 1210. The molecule has 164 valence electrons. The molecule has 0 saturated heterocycles. The van der Waals surface area contributed by atoms with Crippen molar-refractivity contribution in [1.29, 1.82) is 0 Å². The normalized spacial score (nSPS) is 12.5. The smallest absolute Gasteiger partial charge is 0.282 e. The molecular weight excluding hydrogens is 550 g/mol. The monoisotopic (exact) mass is 569 g/mol. The predicted octanol–water partition coefficient (Wildman–Crippen LogP) is 6.38. The highest BCUT2D eigenvalue weighted by Crippen LogP contribution is 2.42. The lowest BCUT2D eigenvalue weighted by Crippen LogP contribution is -2.23. The minimum atomic E-state index is -0.238. The van der Waals surface area contributed by atoms with Gasteiger partial charge in [0.15, 0.2) is 11.5 Å². The quantitative estimate of drug-likeness (QED) is 0.309. The number of benzene rings is 2. The van der Waals surface area contributed by atoms with Crippen LogP contribution in [0.1, 0.15) is 44.5 Å². The van der Waals surface area contributed by atoms with E-state index in [1.165, 1.54) is 4.68 Å². The first-order valence-electron chi connectivity index (χ1n) is 9.77. The average Bonchev–Trinajstić information content (AvgIpc) is 2.77. The van der Waals surface area contributed by atoms with Crippen molar-refractivity contribution < 1.29 is 9.47 Å². The van der Waals surface area contributed by atoms with E-state index in [1.54, 1.807) is 25.5 Å². The first-order chi connectivity index (χ1) is 14.8. The molecule has 1 heterocycles. The van der Waals surface area contributed by atoms with Crippen LogP contribution in [0.3, 0.4) is 0 Å². The highest BCUT2D eigenvalue weighted by Gasteiger charge is 2.18. The molecule has 0 saturated carbocycles.